The zero-order valence-corrected chi connectivity index (χ0v) is 23.9. The van der Waals surface area contributed by atoms with E-state index in [0.29, 0.717) is 4.48 Å². The third-order valence-electron chi connectivity index (χ3n) is 7.90. The van der Waals surface area contributed by atoms with Gasteiger partial charge in [0.15, 0.2) is 0 Å². The third kappa shape index (κ3) is 3.74. The minimum atomic E-state index is 0.121. The molecule has 2 heterocycles. The fourth-order valence-corrected chi connectivity index (χ4v) is 7.37. The van der Waals surface area contributed by atoms with Crippen molar-refractivity contribution in [2.75, 3.05) is 57.0 Å². The Balaban J connectivity index is 1.64. The lowest BCUT2D eigenvalue weighted by molar-refractivity contribution is 0.324. The van der Waals surface area contributed by atoms with Crippen LogP contribution in [-0.4, -0.2) is 58.7 Å². The second kappa shape index (κ2) is 9.29. The summed E-state index contributed by atoms with van der Waals surface area (Å²) in [6, 6.07) is 27.3. The molecule has 2 atom stereocenters. The fraction of sp³-hybridized carbons (Fsp3) is 0.250. The largest absolute Gasteiger partial charge is 0.378 e. The molecule has 0 spiro atoms. The molecule has 0 N–H and O–H groups in total. The van der Waals surface area contributed by atoms with Crippen LogP contribution in [-0.2, 0) is 0 Å². The van der Waals surface area contributed by atoms with Gasteiger partial charge in [0, 0.05) is 100 Å². The van der Waals surface area contributed by atoms with Crippen LogP contribution in [0.3, 0.4) is 0 Å². The zero-order valence-electron chi connectivity index (χ0n) is 23.0. The number of benzene rings is 3. The van der Waals surface area contributed by atoms with Crippen molar-refractivity contribution in [2.24, 2.45) is 0 Å². The molecule has 1 aliphatic carbocycles. The second-order valence-electron chi connectivity index (χ2n) is 10.8. The van der Waals surface area contributed by atoms with E-state index in [2.05, 4.69) is 159 Å². The SMILES string of the molecule is CN(C)C1=CC2=CN3c4ccccc4SC3[N+](c3ccc(N(C)C)cc3)(c3ccc(N(C)C)cc3)C2C=C1. The molecule has 38 heavy (non-hydrogen) atoms. The Morgan fingerprint density at radius 2 is 1.29 bits per heavy atom. The number of hydrogen-bond donors (Lipinski definition) is 0. The summed E-state index contributed by atoms with van der Waals surface area (Å²) in [6.45, 7) is 0. The molecule has 0 bridgehead atoms. The van der Waals surface area contributed by atoms with Gasteiger partial charge in [0.1, 0.15) is 17.4 Å². The van der Waals surface area contributed by atoms with E-state index in [1.54, 1.807) is 0 Å². The van der Waals surface area contributed by atoms with Crippen molar-refractivity contribution in [2.45, 2.75) is 16.4 Å². The summed E-state index contributed by atoms with van der Waals surface area (Å²) in [6.07, 6.45) is 9.46. The van der Waals surface area contributed by atoms with Gasteiger partial charge in [-0.2, -0.15) is 0 Å². The van der Waals surface area contributed by atoms with Gasteiger partial charge in [-0.3, -0.25) is 4.90 Å². The molecule has 0 saturated heterocycles. The van der Waals surface area contributed by atoms with Gasteiger partial charge in [-0.25, -0.2) is 4.48 Å². The van der Waals surface area contributed by atoms with Gasteiger partial charge in [-0.1, -0.05) is 12.1 Å². The molecular weight excluding hydrogens is 486 g/mol. The summed E-state index contributed by atoms with van der Waals surface area (Å²) in [4.78, 5) is 10.4. The Morgan fingerprint density at radius 1 is 0.711 bits per heavy atom. The summed E-state index contributed by atoms with van der Waals surface area (Å²) in [5.74, 6) is 0. The van der Waals surface area contributed by atoms with Gasteiger partial charge >= 0.3 is 0 Å². The Hall–Kier alpha value is -3.61. The van der Waals surface area contributed by atoms with Gasteiger partial charge < -0.3 is 14.7 Å². The van der Waals surface area contributed by atoms with Crippen LogP contribution in [0.15, 0.2) is 113 Å². The van der Waals surface area contributed by atoms with Crippen LogP contribution in [0.1, 0.15) is 0 Å². The highest BCUT2D eigenvalue weighted by Crippen LogP contribution is 2.57. The Bertz CT molecular complexity index is 1380. The smallest absolute Gasteiger partial charge is 0.232 e. The van der Waals surface area contributed by atoms with E-state index in [4.69, 9.17) is 0 Å². The maximum atomic E-state index is 2.51. The van der Waals surface area contributed by atoms with E-state index in [0.717, 1.165) is 0 Å². The first-order valence-corrected chi connectivity index (χ1v) is 14.0. The Labute approximate surface area is 231 Å². The standard InChI is InChI=1S/C32H36N5S/c1-33(2)24-11-16-27(17-12-24)37(28-18-13-25(14-19-28)34(3)4)30-20-15-26(35(5)6)21-23(30)22-36-29-9-7-8-10-31(29)38-32(36)37/h7-22,30,32H,1-6H3/q+1. The topological polar surface area (TPSA) is 13.0 Å². The van der Waals surface area contributed by atoms with Crippen molar-refractivity contribution in [3.63, 3.8) is 0 Å². The molecule has 6 heteroatoms. The van der Waals surface area contributed by atoms with Crippen molar-refractivity contribution in [1.29, 1.82) is 0 Å². The van der Waals surface area contributed by atoms with E-state index in [-0.39, 0.29) is 11.5 Å². The normalized spacial score (nSPS) is 20.6. The van der Waals surface area contributed by atoms with Crippen LogP contribution in [0.5, 0.6) is 0 Å². The third-order valence-corrected chi connectivity index (χ3v) is 9.27. The minimum Gasteiger partial charge on any atom is -0.378 e. The number of allylic oxidation sites excluding steroid dienone is 1. The summed E-state index contributed by atoms with van der Waals surface area (Å²) in [5.41, 5.74) is 8.91. The number of anilines is 3. The van der Waals surface area contributed by atoms with Gasteiger partial charge in [-0.05, 0) is 66.4 Å². The Morgan fingerprint density at radius 3 is 1.84 bits per heavy atom. The number of para-hydroxylation sites is 1. The van der Waals surface area contributed by atoms with Crippen molar-refractivity contribution in [3.05, 3.63) is 108 Å². The predicted molar refractivity (Wildman–Crippen MR) is 164 cm³/mol. The highest BCUT2D eigenvalue weighted by molar-refractivity contribution is 8.00. The maximum absolute atomic E-state index is 2.51. The number of fused-ring (bicyclic) bond motifs is 4. The molecular formula is C32H36N5S+. The van der Waals surface area contributed by atoms with Crippen LogP contribution < -0.4 is 19.2 Å². The monoisotopic (exact) mass is 522 g/mol. The van der Waals surface area contributed by atoms with Gasteiger partial charge in [0.2, 0.25) is 5.50 Å². The molecule has 0 aromatic heterocycles. The van der Waals surface area contributed by atoms with Crippen molar-refractivity contribution >= 4 is 40.2 Å². The molecule has 0 fully saturated rings. The van der Waals surface area contributed by atoms with Crippen LogP contribution in [0, 0.1) is 0 Å². The molecule has 3 aliphatic rings. The number of thioether (sulfide) groups is 1. The van der Waals surface area contributed by atoms with Gasteiger partial charge in [0.25, 0.3) is 0 Å². The first-order chi connectivity index (χ1) is 18.3. The number of hydrogen-bond acceptors (Lipinski definition) is 5. The van der Waals surface area contributed by atoms with E-state index < -0.39 is 0 Å². The van der Waals surface area contributed by atoms with Crippen LogP contribution in [0.4, 0.5) is 28.4 Å². The maximum Gasteiger partial charge on any atom is 0.232 e. The summed E-state index contributed by atoms with van der Waals surface area (Å²) in [7, 11) is 12.6. The quantitative estimate of drug-likeness (QED) is 0.348. The van der Waals surface area contributed by atoms with Crippen LogP contribution in [0.2, 0.25) is 0 Å². The minimum absolute atomic E-state index is 0.121. The van der Waals surface area contributed by atoms with Gasteiger partial charge in [-0.15, -0.1) is 0 Å². The molecule has 0 amide bonds. The van der Waals surface area contributed by atoms with Gasteiger partial charge in [0.05, 0.1) is 5.69 Å². The number of likely N-dealkylation sites (N-methyl/N-ethyl adjacent to an activating group) is 1. The first kappa shape index (κ1) is 24.7. The van der Waals surface area contributed by atoms with E-state index in [9.17, 15) is 0 Å². The molecule has 194 valence electrons. The van der Waals surface area contributed by atoms with Crippen molar-refractivity contribution in [3.8, 4) is 0 Å². The number of rotatable bonds is 5. The fourth-order valence-electron chi connectivity index (χ4n) is 5.86. The average molecular weight is 523 g/mol. The van der Waals surface area contributed by atoms with E-state index >= 15 is 0 Å². The van der Waals surface area contributed by atoms with Crippen LogP contribution in [0.25, 0.3) is 0 Å². The lowest BCUT2D eigenvalue weighted by Gasteiger charge is -2.52. The molecule has 0 saturated carbocycles. The number of quaternary nitrogens is 1. The number of nitrogens with zero attached hydrogens (tertiary/aromatic N) is 5. The molecule has 6 rings (SSSR count). The van der Waals surface area contributed by atoms with E-state index in [1.165, 1.54) is 44.6 Å². The summed E-state index contributed by atoms with van der Waals surface area (Å²) < 4.78 is 0.681. The lowest BCUT2D eigenvalue weighted by Crippen LogP contribution is -2.65. The van der Waals surface area contributed by atoms with Crippen molar-refractivity contribution in [1.82, 2.24) is 9.38 Å². The average Bonchev–Trinajstić information content (AvgIpc) is 3.30. The Kier molecular flexibility index (Phi) is 6.04. The molecule has 3 aromatic carbocycles. The summed E-state index contributed by atoms with van der Waals surface area (Å²) >= 11 is 1.97. The highest BCUT2D eigenvalue weighted by Gasteiger charge is 2.57. The molecule has 2 unspecified atom stereocenters. The van der Waals surface area contributed by atoms with Crippen LogP contribution >= 0.6 is 11.8 Å². The first-order valence-electron chi connectivity index (χ1n) is 13.1. The summed E-state index contributed by atoms with van der Waals surface area (Å²) in [5, 5.41) is 0. The van der Waals surface area contributed by atoms with Crippen molar-refractivity contribution < 1.29 is 0 Å². The molecule has 0 radical (unpaired) electrons. The van der Waals surface area contributed by atoms with E-state index in [1.807, 2.05) is 11.8 Å². The lowest BCUT2D eigenvalue weighted by atomic mass is 9.92. The second-order valence-corrected chi connectivity index (χ2v) is 11.9. The molecule has 3 aromatic rings. The highest BCUT2D eigenvalue weighted by atomic mass is 32.2. The zero-order chi connectivity index (χ0) is 26.6. The molecule has 5 nitrogen and oxygen atoms in total. The molecule has 2 aliphatic heterocycles. The predicted octanol–water partition coefficient (Wildman–Crippen LogP) is 6.63.